The van der Waals surface area contributed by atoms with Crippen LogP contribution in [0, 0.1) is 6.92 Å². The maximum atomic E-state index is 12.2. The molecule has 0 aliphatic heterocycles. The largest absolute Gasteiger partial charge is 0.508 e. The van der Waals surface area contributed by atoms with Crippen LogP contribution in [0.3, 0.4) is 0 Å². The van der Waals surface area contributed by atoms with Crippen molar-refractivity contribution in [1.82, 2.24) is 0 Å². The molecule has 0 aliphatic carbocycles. The first kappa shape index (κ1) is 34.0. The fraction of sp³-hybridized carbons (Fsp3) is 0.189. The molecule has 4 rings (SSSR count). The zero-order valence-corrected chi connectivity index (χ0v) is 26.0. The quantitative estimate of drug-likeness (QED) is 0.108. The molecule has 0 bridgehead atoms. The summed E-state index contributed by atoms with van der Waals surface area (Å²) in [6, 6.07) is 17.2. The van der Waals surface area contributed by atoms with E-state index in [1.807, 2.05) is 19.9 Å². The molecule has 45 heavy (non-hydrogen) atoms. The van der Waals surface area contributed by atoms with E-state index in [9.17, 15) is 30.0 Å². The Balaban J connectivity index is 0.000000248. The number of allylic oxidation sites excluding steroid dienone is 2. The Morgan fingerprint density at radius 3 is 1.64 bits per heavy atom. The Bertz CT molecular complexity index is 1700. The van der Waals surface area contributed by atoms with Crippen molar-refractivity contribution in [1.29, 1.82) is 0 Å². The van der Waals surface area contributed by atoms with Gasteiger partial charge in [-0.25, -0.2) is 0 Å². The number of ketones is 2. The minimum absolute atomic E-state index is 0.117. The summed E-state index contributed by atoms with van der Waals surface area (Å²) in [6.45, 7) is 5.69. The van der Waals surface area contributed by atoms with E-state index in [1.165, 1.54) is 49.6 Å². The Morgan fingerprint density at radius 2 is 1.20 bits per heavy atom. The average Bonchev–Trinajstić information content (AvgIpc) is 3.04. The number of carbonyl (C=O) groups is 2. The van der Waals surface area contributed by atoms with Gasteiger partial charge >= 0.3 is 0 Å². The van der Waals surface area contributed by atoms with Gasteiger partial charge in [0.1, 0.15) is 34.5 Å². The van der Waals surface area contributed by atoms with Gasteiger partial charge in [-0.2, -0.15) is 0 Å². The van der Waals surface area contributed by atoms with Crippen molar-refractivity contribution in [2.75, 3.05) is 14.2 Å². The summed E-state index contributed by atoms with van der Waals surface area (Å²) in [5.74, 6) is 1.38. The summed E-state index contributed by atoms with van der Waals surface area (Å²) in [4.78, 5) is 24.3. The second kappa shape index (κ2) is 15.8. The summed E-state index contributed by atoms with van der Waals surface area (Å²) in [5, 5.41) is 38.4. The van der Waals surface area contributed by atoms with E-state index in [2.05, 4.69) is 0 Å². The molecule has 0 saturated heterocycles. The Labute approximate surface area is 263 Å². The molecular weight excluding hydrogens is 572 g/mol. The van der Waals surface area contributed by atoms with Gasteiger partial charge in [0, 0.05) is 33.9 Å². The minimum atomic E-state index is -0.178. The predicted molar refractivity (Wildman–Crippen MR) is 176 cm³/mol. The van der Waals surface area contributed by atoms with Crippen LogP contribution in [0.25, 0.3) is 12.2 Å². The highest BCUT2D eigenvalue weighted by Crippen LogP contribution is 2.36. The highest BCUT2D eigenvalue weighted by atomic mass is 16.5. The van der Waals surface area contributed by atoms with Crippen LogP contribution in [0.2, 0.25) is 0 Å². The van der Waals surface area contributed by atoms with Crippen molar-refractivity contribution in [2.45, 2.75) is 33.6 Å². The normalized spacial score (nSPS) is 10.9. The number of aryl methyl sites for hydroxylation is 2. The number of aromatic hydroxyl groups is 4. The SMILES string of the molecule is CCc1cc(C=CC(=O)c2ccc(O)cc2)c(OC)c(CC)c1O.COc1cc(O)c(C)cc1C=CC(=O)c1ccc(O)cc1. The van der Waals surface area contributed by atoms with Crippen LogP contribution < -0.4 is 9.47 Å². The third kappa shape index (κ3) is 8.76. The minimum Gasteiger partial charge on any atom is -0.508 e. The lowest BCUT2D eigenvalue weighted by Gasteiger charge is -2.15. The van der Waals surface area contributed by atoms with Crippen LogP contribution in [0.5, 0.6) is 34.5 Å². The summed E-state index contributed by atoms with van der Waals surface area (Å²) in [5.41, 5.74) is 4.72. The van der Waals surface area contributed by atoms with Crippen LogP contribution in [0.15, 0.2) is 78.9 Å². The van der Waals surface area contributed by atoms with Gasteiger partial charge in [0.05, 0.1) is 14.2 Å². The molecule has 4 aromatic rings. The standard InChI is InChI=1S/C20H22O4.C17H16O4/c1-4-13-12-15(20(24-3)17(5-2)19(13)23)8-11-18(22)14-6-9-16(21)10-7-14;1-11-9-13(17(21-2)10-16(11)20)5-8-15(19)12-3-6-14(18)7-4-12/h6-12,21,23H,4-5H2,1-3H3;3-10,18,20H,1-2H3. The third-order valence-electron chi connectivity index (χ3n) is 7.08. The van der Waals surface area contributed by atoms with E-state index in [0.717, 1.165) is 16.7 Å². The predicted octanol–water partition coefficient (Wildman–Crippen LogP) is 7.44. The van der Waals surface area contributed by atoms with Crippen LogP contribution >= 0.6 is 0 Å². The van der Waals surface area contributed by atoms with Crippen LogP contribution in [-0.2, 0) is 12.8 Å². The lowest BCUT2D eigenvalue weighted by molar-refractivity contribution is 0.103. The number of benzene rings is 4. The van der Waals surface area contributed by atoms with Gasteiger partial charge in [0.2, 0.25) is 0 Å². The molecule has 8 nitrogen and oxygen atoms in total. The van der Waals surface area contributed by atoms with Crippen LogP contribution in [0.4, 0.5) is 0 Å². The van der Waals surface area contributed by atoms with Crippen molar-refractivity contribution < 1.29 is 39.5 Å². The highest BCUT2D eigenvalue weighted by Gasteiger charge is 2.15. The first-order valence-electron chi connectivity index (χ1n) is 14.3. The van der Waals surface area contributed by atoms with E-state index in [-0.39, 0.29) is 34.6 Å². The maximum Gasteiger partial charge on any atom is 0.185 e. The first-order valence-corrected chi connectivity index (χ1v) is 14.3. The number of hydrogen-bond donors (Lipinski definition) is 4. The molecule has 0 fully saturated rings. The Hall–Kier alpha value is -5.50. The van der Waals surface area contributed by atoms with Gasteiger partial charge in [-0.1, -0.05) is 13.8 Å². The topological polar surface area (TPSA) is 134 Å². The molecule has 0 spiro atoms. The summed E-state index contributed by atoms with van der Waals surface area (Å²) < 4.78 is 10.6. The Morgan fingerprint density at radius 1 is 0.689 bits per heavy atom. The number of rotatable bonds is 10. The van der Waals surface area contributed by atoms with Crippen molar-refractivity contribution >= 4 is 23.7 Å². The molecule has 0 amide bonds. The zero-order chi connectivity index (χ0) is 33.1. The molecule has 0 saturated carbocycles. The van der Waals surface area contributed by atoms with Gasteiger partial charge in [0.15, 0.2) is 11.6 Å². The second-order valence-corrected chi connectivity index (χ2v) is 10.1. The lowest BCUT2D eigenvalue weighted by Crippen LogP contribution is -1.99. The summed E-state index contributed by atoms with van der Waals surface area (Å²) in [6.07, 6.45) is 7.57. The first-order chi connectivity index (χ1) is 21.5. The summed E-state index contributed by atoms with van der Waals surface area (Å²) >= 11 is 0. The van der Waals surface area contributed by atoms with E-state index in [0.29, 0.717) is 46.6 Å². The van der Waals surface area contributed by atoms with E-state index in [4.69, 9.17) is 9.47 Å². The van der Waals surface area contributed by atoms with Crippen LogP contribution in [0.1, 0.15) is 62.4 Å². The highest BCUT2D eigenvalue weighted by molar-refractivity contribution is 6.07. The van der Waals surface area contributed by atoms with Crippen molar-refractivity contribution in [3.05, 3.63) is 118 Å². The molecule has 4 N–H and O–H groups in total. The van der Waals surface area contributed by atoms with Crippen LogP contribution in [-0.4, -0.2) is 46.2 Å². The maximum absolute atomic E-state index is 12.2. The molecule has 0 aromatic heterocycles. The second-order valence-electron chi connectivity index (χ2n) is 10.1. The van der Waals surface area contributed by atoms with E-state index >= 15 is 0 Å². The zero-order valence-electron chi connectivity index (χ0n) is 26.0. The molecule has 0 radical (unpaired) electrons. The van der Waals surface area contributed by atoms with Gasteiger partial charge in [-0.05, 0) is 116 Å². The molecule has 0 heterocycles. The molecule has 0 aliphatic rings. The fourth-order valence-electron chi connectivity index (χ4n) is 4.54. The van der Waals surface area contributed by atoms with Crippen molar-refractivity contribution in [3.63, 3.8) is 0 Å². The van der Waals surface area contributed by atoms with E-state index < -0.39 is 0 Å². The summed E-state index contributed by atoms with van der Waals surface area (Å²) in [7, 11) is 3.06. The third-order valence-corrected chi connectivity index (χ3v) is 7.08. The lowest BCUT2D eigenvalue weighted by atomic mass is 9.98. The Kier molecular flexibility index (Phi) is 12.0. The van der Waals surface area contributed by atoms with Crippen molar-refractivity contribution in [2.24, 2.45) is 0 Å². The molecule has 8 heteroatoms. The van der Waals surface area contributed by atoms with Gasteiger partial charge < -0.3 is 29.9 Å². The molecule has 4 aromatic carbocycles. The van der Waals surface area contributed by atoms with E-state index in [1.54, 1.807) is 56.5 Å². The molecule has 0 unspecified atom stereocenters. The number of phenols is 4. The number of phenolic OH excluding ortho intramolecular Hbond substituents is 4. The van der Waals surface area contributed by atoms with Gasteiger partial charge in [-0.15, -0.1) is 0 Å². The average molecular weight is 611 g/mol. The molecular formula is C37H38O8. The smallest absolute Gasteiger partial charge is 0.185 e. The number of ether oxygens (including phenoxy) is 2. The molecule has 234 valence electrons. The number of methoxy groups -OCH3 is 2. The van der Waals surface area contributed by atoms with Gasteiger partial charge in [0.25, 0.3) is 0 Å². The molecule has 0 atom stereocenters. The number of carbonyl (C=O) groups excluding carboxylic acids is 2. The van der Waals surface area contributed by atoms with Crippen molar-refractivity contribution in [3.8, 4) is 34.5 Å². The fourth-order valence-corrected chi connectivity index (χ4v) is 4.54. The van der Waals surface area contributed by atoms with Gasteiger partial charge in [-0.3, -0.25) is 9.59 Å². The monoisotopic (exact) mass is 610 g/mol. The number of hydrogen-bond acceptors (Lipinski definition) is 8.